The number of pyridine rings is 1. The normalized spacial score (nSPS) is 11.3. The minimum absolute atomic E-state index is 0.135. The van der Waals surface area contributed by atoms with Crippen molar-refractivity contribution in [3.8, 4) is 5.75 Å². The van der Waals surface area contributed by atoms with Gasteiger partial charge in [-0.15, -0.1) is 0 Å². The number of fused-ring (bicyclic) bond motifs is 1. The van der Waals surface area contributed by atoms with Gasteiger partial charge in [0.25, 0.3) is 15.9 Å². The van der Waals surface area contributed by atoms with Gasteiger partial charge < -0.3 is 4.74 Å². The number of nitrogens with zero attached hydrogens (tertiary/aromatic N) is 2. The quantitative estimate of drug-likeness (QED) is 0.702. The maximum Gasteiger partial charge on any atom is 0.267 e. The zero-order valence-electron chi connectivity index (χ0n) is 14.0. The average molecular weight is 374 g/mol. The van der Waals surface area contributed by atoms with Gasteiger partial charge in [-0.25, -0.2) is 17.1 Å². The van der Waals surface area contributed by atoms with Crippen LogP contribution in [-0.2, 0) is 10.0 Å². The summed E-state index contributed by atoms with van der Waals surface area (Å²) >= 11 is 0. The van der Waals surface area contributed by atoms with E-state index in [0.29, 0.717) is 21.0 Å². The molecule has 8 heteroatoms. The fraction of sp³-hybridized carbons (Fsp3) is 0.111. The molecule has 0 saturated carbocycles. The second-order valence-corrected chi connectivity index (χ2v) is 7.45. The van der Waals surface area contributed by atoms with Crippen LogP contribution in [0.1, 0.15) is 10.4 Å². The molecular formula is C18H15FN2O4S. The molecule has 0 atom stereocenters. The molecule has 3 rings (SSSR count). The van der Waals surface area contributed by atoms with Crippen LogP contribution in [0.3, 0.4) is 0 Å². The second kappa shape index (κ2) is 6.72. The lowest BCUT2D eigenvalue weighted by Crippen LogP contribution is -2.33. The standard InChI is InChI=1S/C18H15FN2O4S/c1-21(26(23,24)15-7-5-14(19)6-8-15)18(22)13-10-12-4-3-9-20-17(12)16(11-13)25-2/h3-11H,1-2H3. The van der Waals surface area contributed by atoms with Gasteiger partial charge in [0.15, 0.2) is 0 Å². The number of rotatable bonds is 4. The van der Waals surface area contributed by atoms with Crippen LogP contribution in [0, 0.1) is 5.82 Å². The molecular weight excluding hydrogens is 359 g/mol. The third kappa shape index (κ3) is 3.11. The number of methoxy groups -OCH3 is 1. The summed E-state index contributed by atoms with van der Waals surface area (Å²) in [5.74, 6) is -0.942. The molecule has 0 radical (unpaired) electrons. The molecule has 0 aliphatic heterocycles. The Morgan fingerprint density at radius 3 is 2.50 bits per heavy atom. The smallest absolute Gasteiger partial charge is 0.267 e. The van der Waals surface area contributed by atoms with Crippen molar-refractivity contribution in [2.24, 2.45) is 0 Å². The fourth-order valence-electron chi connectivity index (χ4n) is 2.49. The summed E-state index contributed by atoms with van der Waals surface area (Å²) in [6, 6.07) is 10.7. The number of hydrogen-bond donors (Lipinski definition) is 0. The third-order valence-electron chi connectivity index (χ3n) is 3.89. The molecule has 26 heavy (non-hydrogen) atoms. The van der Waals surface area contributed by atoms with Crippen molar-refractivity contribution < 1.29 is 22.3 Å². The van der Waals surface area contributed by atoms with Crippen LogP contribution in [0.15, 0.2) is 59.6 Å². The van der Waals surface area contributed by atoms with E-state index < -0.39 is 21.7 Å². The van der Waals surface area contributed by atoms with E-state index >= 15 is 0 Å². The second-order valence-electron chi connectivity index (χ2n) is 5.49. The molecule has 134 valence electrons. The molecule has 6 nitrogen and oxygen atoms in total. The van der Waals surface area contributed by atoms with E-state index in [1.165, 1.54) is 13.2 Å². The summed E-state index contributed by atoms with van der Waals surface area (Å²) in [7, 11) is -1.52. The highest BCUT2D eigenvalue weighted by atomic mass is 32.2. The Balaban J connectivity index is 2.03. The van der Waals surface area contributed by atoms with E-state index in [-0.39, 0.29) is 10.5 Å². The largest absolute Gasteiger partial charge is 0.494 e. The van der Waals surface area contributed by atoms with Crippen molar-refractivity contribution >= 4 is 26.8 Å². The number of sulfonamides is 1. The van der Waals surface area contributed by atoms with Crippen LogP contribution in [0.5, 0.6) is 5.75 Å². The van der Waals surface area contributed by atoms with E-state index in [4.69, 9.17) is 4.74 Å². The number of amides is 1. The summed E-state index contributed by atoms with van der Waals surface area (Å²) in [4.78, 5) is 16.8. The van der Waals surface area contributed by atoms with Crippen LogP contribution in [0.2, 0.25) is 0 Å². The maximum atomic E-state index is 13.0. The molecule has 0 bridgehead atoms. The van der Waals surface area contributed by atoms with E-state index in [1.807, 2.05) is 0 Å². The average Bonchev–Trinajstić information content (AvgIpc) is 2.66. The zero-order valence-corrected chi connectivity index (χ0v) is 14.8. The number of halogens is 1. The SMILES string of the molecule is COc1cc(C(=O)N(C)S(=O)(=O)c2ccc(F)cc2)cc2cccnc12. The molecule has 1 amide bonds. The molecule has 0 aliphatic carbocycles. The summed E-state index contributed by atoms with van der Waals surface area (Å²) in [5, 5.41) is 0.641. The molecule has 0 N–H and O–H groups in total. The summed E-state index contributed by atoms with van der Waals surface area (Å²) in [6.45, 7) is 0. The van der Waals surface area contributed by atoms with Crippen molar-refractivity contribution in [1.29, 1.82) is 0 Å². The molecule has 1 heterocycles. The molecule has 2 aromatic carbocycles. The van der Waals surface area contributed by atoms with Crippen LogP contribution >= 0.6 is 0 Å². The lowest BCUT2D eigenvalue weighted by Gasteiger charge is -2.18. The monoisotopic (exact) mass is 374 g/mol. The number of carbonyl (C=O) groups excluding carboxylic acids is 1. The number of benzene rings is 2. The Bertz CT molecular complexity index is 1080. The van der Waals surface area contributed by atoms with E-state index in [1.54, 1.807) is 24.4 Å². The highest BCUT2D eigenvalue weighted by molar-refractivity contribution is 7.89. The number of carbonyl (C=O) groups is 1. The van der Waals surface area contributed by atoms with Gasteiger partial charge in [0.1, 0.15) is 17.1 Å². The van der Waals surface area contributed by atoms with Gasteiger partial charge in [-0.3, -0.25) is 9.78 Å². The fourth-order valence-corrected chi connectivity index (χ4v) is 3.61. The summed E-state index contributed by atoms with van der Waals surface area (Å²) in [5.41, 5.74) is 0.700. The number of ether oxygens (including phenoxy) is 1. The molecule has 0 spiro atoms. The molecule has 3 aromatic rings. The molecule has 0 aliphatic rings. The Kier molecular flexibility index (Phi) is 4.60. The minimum atomic E-state index is -4.12. The van der Waals surface area contributed by atoms with E-state index in [2.05, 4.69) is 4.98 Å². The van der Waals surface area contributed by atoms with Crippen molar-refractivity contribution in [1.82, 2.24) is 9.29 Å². The lowest BCUT2D eigenvalue weighted by atomic mass is 10.1. The Labute approximate surface area is 149 Å². The summed E-state index contributed by atoms with van der Waals surface area (Å²) in [6.07, 6.45) is 1.59. The first-order valence-electron chi connectivity index (χ1n) is 7.56. The van der Waals surface area contributed by atoms with Gasteiger partial charge in [-0.05, 0) is 42.5 Å². The number of hydrogen-bond acceptors (Lipinski definition) is 5. The van der Waals surface area contributed by atoms with Crippen LogP contribution in [-0.4, -0.2) is 37.8 Å². The third-order valence-corrected chi connectivity index (χ3v) is 5.65. The predicted octanol–water partition coefficient (Wildman–Crippen LogP) is 2.84. The molecule has 0 fully saturated rings. The van der Waals surface area contributed by atoms with Gasteiger partial charge in [0.05, 0.1) is 12.0 Å². The summed E-state index contributed by atoms with van der Waals surface area (Å²) < 4.78 is 44.1. The Morgan fingerprint density at radius 1 is 1.15 bits per heavy atom. The topological polar surface area (TPSA) is 76.6 Å². The predicted molar refractivity (Wildman–Crippen MR) is 94.0 cm³/mol. The molecule has 1 aromatic heterocycles. The van der Waals surface area contributed by atoms with Gasteiger partial charge in [0.2, 0.25) is 0 Å². The molecule has 0 unspecified atom stereocenters. The van der Waals surface area contributed by atoms with Crippen molar-refractivity contribution in [2.75, 3.05) is 14.2 Å². The first-order valence-corrected chi connectivity index (χ1v) is 9.00. The lowest BCUT2D eigenvalue weighted by molar-refractivity contribution is 0.0883. The minimum Gasteiger partial charge on any atom is -0.494 e. The van der Waals surface area contributed by atoms with Crippen molar-refractivity contribution in [2.45, 2.75) is 4.90 Å². The van der Waals surface area contributed by atoms with Gasteiger partial charge in [0, 0.05) is 24.2 Å². The van der Waals surface area contributed by atoms with Crippen LogP contribution in [0.25, 0.3) is 10.9 Å². The van der Waals surface area contributed by atoms with Crippen LogP contribution in [0.4, 0.5) is 4.39 Å². The van der Waals surface area contributed by atoms with Crippen LogP contribution < -0.4 is 4.74 Å². The van der Waals surface area contributed by atoms with Crippen molar-refractivity contribution in [3.63, 3.8) is 0 Å². The highest BCUT2D eigenvalue weighted by Gasteiger charge is 2.27. The Hall–Kier alpha value is -3.00. The van der Waals surface area contributed by atoms with Gasteiger partial charge in [-0.2, -0.15) is 0 Å². The highest BCUT2D eigenvalue weighted by Crippen LogP contribution is 2.27. The van der Waals surface area contributed by atoms with E-state index in [9.17, 15) is 17.6 Å². The Morgan fingerprint density at radius 2 is 1.85 bits per heavy atom. The molecule has 0 saturated heterocycles. The van der Waals surface area contributed by atoms with Gasteiger partial charge in [-0.1, -0.05) is 6.07 Å². The maximum absolute atomic E-state index is 13.0. The van der Waals surface area contributed by atoms with Gasteiger partial charge >= 0.3 is 0 Å². The first kappa shape index (κ1) is 17.8. The number of aromatic nitrogens is 1. The van der Waals surface area contributed by atoms with E-state index in [0.717, 1.165) is 31.3 Å². The first-order chi connectivity index (χ1) is 12.3. The zero-order chi connectivity index (χ0) is 18.9. The van der Waals surface area contributed by atoms with Crippen molar-refractivity contribution in [3.05, 3.63) is 66.1 Å².